The van der Waals surface area contributed by atoms with Crippen molar-refractivity contribution in [2.75, 3.05) is 6.54 Å². The lowest BCUT2D eigenvalue weighted by atomic mass is 10.0. The molecule has 0 aliphatic heterocycles. The van der Waals surface area contributed by atoms with Crippen molar-refractivity contribution in [1.82, 2.24) is 0 Å². The van der Waals surface area contributed by atoms with Crippen LogP contribution in [-0.4, -0.2) is 22.9 Å². The molecule has 18 heavy (non-hydrogen) atoms. The van der Waals surface area contributed by atoms with E-state index >= 15 is 0 Å². The van der Waals surface area contributed by atoms with Crippen LogP contribution < -0.4 is 0 Å². The predicted octanol–water partition coefficient (Wildman–Crippen LogP) is 1.60. The average molecular weight is 250 g/mol. The quantitative estimate of drug-likeness (QED) is 0.470. The Morgan fingerprint density at radius 1 is 1.50 bits per heavy atom. The molecule has 0 radical (unpaired) electrons. The summed E-state index contributed by atoms with van der Waals surface area (Å²) in [4.78, 5) is 2.44. The first kappa shape index (κ1) is 13.9. The van der Waals surface area contributed by atoms with Crippen LogP contribution >= 0.6 is 0 Å². The van der Waals surface area contributed by atoms with Crippen LogP contribution in [0.1, 0.15) is 17.2 Å². The van der Waals surface area contributed by atoms with Crippen LogP contribution in [0.5, 0.6) is 0 Å². The van der Waals surface area contributed by atoms with Gasteiger partial charge in [-0.2, -0.15) is 5.26 Å². The van der Waals surface area contributed by atoms with Gasteiger partial charge in [0.05, 0.1) is 25.1 Å². The topological polar surface area (TPSA) is 113 Å². The Balaban J connectivity index is 2.96. The SMILES string of the molecule is N#CCc1ccc(F)c(C(O)C(O)CN=[N+]=[N-])c1. The number of benzene rings is 1. The highest BCUT2D eigenvalue weighted by molar-refractivity contribution is 5.29. The van der Waals surface area contributed by atoms with E-state index in [-0.39, 0.29) is 18.5 Å². The molecule has 0 heterocycles. The molecule has 0 fully saturated rings. The van der Waals surface area contributed by atoms with Crippen molar-refractivity contribution in [3.05, 3.63) is 45.6 Å². The van der Waals surface area contributed by atoms with Crippen molar-refractivity contribution in [2.45, 2.75) is 18.6 Å². The van der Waals surface area contributed by atoms with Crippen LogP contribution in [-0.2, 0) is 6.42 Å². The molecule has 0 saturated carbocycles. The molecule has 0 amide bonds. The smallest absolute Gasteiger partial charge is 0.129 e. The summed E-state index contributed by atoms with van der Waals surface area (Å²) in [5.41, 5.74) is 8.50. The van der Waals surface area contributed by atoms with Crippen molar-refractivity contribution in [1.29, 1.82) is 5.26 Å². The molecule has 94 valence electrons. The van der Waals surface area contributed by atoms with Crippen molar-refractivity contribution in [2.24, 2.45) is 5.11 Å². The zero-order chi connectivity index (χ0) is 13.5. The largest absolute Gasteiger partial charge is 0.390 e. The van der Waals surface area contributed by atoms with E-state index < -0.39 is 18.0 Å². The number of hydrogen-bond donors (Lipinski definition) is 2. The summed E-state index contributed by atoms with van der Waals surface area (Å²) in [5.74, 6) is -0.691. The van der Waals surface area contributed by atoms with Gasteiger partial charge in [0.1, 0.15) is 11.9 Å². The monoisotopic (exact) mass is 250 g/mol. The molecule has 2 atom stereocenters. The zero-order valence-electron chi connectivity index (χ0n) is 9.36. The normalized spacial score (nSPS) is 13.2. The van der Waals surface area contributed by atoms with Crippen molar-refractivity contribution < 1.29 is 14.6 Å². The molecule has 0 bridgehead atoms. The Labute approximate surface area is 103 Å². The maximum absolute atomic E-state index is 13.5. The fourth-order valence-corrected chi connectivity index (χ4v) is 1.45. The fraction of sp³-hybridized carbons (Fsp3) is 0.364. The minimum atomic E-state index is -1.51. The van der Waals surface area contributed by atoms with E-state index in [2.05, 4.69) is 10.0 Å². The van der Waals surface area contributed by atoms with Crippen LogP contribution in [0.4, 0.5) is 4.39 Å². The number of rotatable bonds is 5. The van der Waals surface area contributed by atoms with Crippen LogP contribution in [0.2, 0.25) is 0 Å². The van der Waals surface area contributed by atoms with E-state index in [0.29, 0.717) is 5.56 Å². The minimum Gasteiger partial charge on any atom is -0.390 e. The van der Waals surface area contributed by atoms with Gasteiger partial charge >= 0.3 is 0 Å². The predicted molar refractivity (Wildman–Crippen MR) is 60.7 cm³/mol. The van der Waals surface area contributed by atoms with Crippen molar-refractivity contribution in [3.8, 4) is 6.07 Å². The molecule has 0 aliphatic carbocycles. The van der Waals surface area contributed by atoms with Gasteiger partial charge in [0.25, 0.3) is 0 Å². The van der Waals surface area contributed by atoms with E-state index in [0.717, 1.165) is 6.07 Å². The lowest BCUT2D eigenvalue weighted by Gasteiger charge is -2.17. The summed E-state index contributed by atoms with van der Waals surface area (Å²) in [6.45, 7) is -0.362. The molecule has 7 heteroatoms. The van der Waals surface area contributed by atoms with Gasteiger partial charge in [-0.15, -0.1) is 0 Å². The van der Waals surface area contributed by atoms with E-state index in [9.17, 15) is 14.6 Å². The first-order chi connectivity index (χ1) is 8.60. The van der Waals surface area contributed by atoms with Gasteiger partial charge in [0.2, 0.25) is 0 Å². The number of halogens is 1. The summed E-state index contributed by atoms with van der Waals surface area (Å²) < 4.78 is 13.5. The Morgan fingerprint density at radius 2 is 2.22 bits per heavy atom. The van der Waals surface area contributed by atoms with Gasteiger partial charge in [-0.3, -0.25) is 0 Å². The second-order valence-corrected chi connectivity index (χ2v) is 3.62. The third-order valence-electron chi connectivity index (χ3n) is 2.36. The highest BCUT2D eigenvalue weighted by atomic mass is 19.1. The van der Waals surface area contributed by atoms with Gasteiger partial charge in [-0.05, 0) is 23.2 Å². The molecular formula is C11H11FN4O2. The second-order valence-electron chi connectivity index (χ2n) is 3.62. The van der Waals surface area contributed by atoms with Crippen LogP contribution in [0.25, 0.3) is 10.4 Å². The number of nitriles is 1. The molecule has 6 nitrogen and oxygen atoms in total. The second kappa shape index (κ2) is 6.57. The summed E-state index contributed by atoms with van der Waals surface area (Å²) >= 11 is 0. The Hall–Kier alpha value is -2.13. The molecule has 1 rings (SSSR count). The van der Waals surface area contributed by atoms with E-state index in [4.69, 9.17) is 10.8 Å². The Morgan fingerprint density at radius 3 is 2.83 bits per heavy atom. The standard InChI is InChI=1S/C11H11FN4O2/c12-9-2-1-7(3-4-13)5-8(9)11(18)10(17)6-15-16-14/h1-2,5,10-11,17-18H,3,6H2. The van der Waals surface area contributed by atoms with Crippen molar-refractivity contribution in [3.63, 3.8) is 0 Å². The van der Waals surface area contributed by atoms with Gasteiger partial charge in [0.15, 0.2) is 0 Å². The fourth-order valence-electron chi connectivity index (χ4n) is 1.45. The van der Waals surface area contributed by atoms with Gasteiger partial charge in [0, 0.05) is 10.5 Å². The third kappa shape index (κ3) is 3.43. The minimum absolute atomic E-state index is 0.0758. The highest BCUT2D eigenvalue weighted by Gasteiger charge is 2.21. The summed E-state index contributed by atoms with van der Waals surface area (Å²) in [7, 11) is 0. The molecule has 0 aliphatic rings. The van der Waals surface area contributed by atoms with E-state index in [1.807, 2.05) is 6.07 Å². The molecule has 0 aromatic heterocycles. The average Bonchev–Trinajstić information content (AvgIpc) is 2.37. The van der Waals surface area contributed by atoms with Crippen molar-refractivity contribution >= 4 is 0 Å². The summed E-state index contributed by atoms with van der Waals surface area (Å²) in [6.07, 6.45) is -2.83. The molecule has 0 spiro atoms. The molecular weight excluding hydrogens is 239 g/mol. The molecule has 1 aromatic rings. The lowest BCUT2D eigenvalue weighted by Crippen LogP contribution is -2.22. The van der Waals surface area contributed by atoms with Gasteiger partial charge in [-0.1, -0.05) is 11.2 Å². The number of aliphatic hydroxyl groups is 2. The van der Waals surface area contributed by atoms with E-state index in [1.54, 1.807) is 0 Å². The lowest BCUT2D eigenvalue weighted by molar-refractivity contribution is 0.0222. The maximum atomic E-state index is 13.5. The first-order valence-electron chi connectivity index (χ1n) is 5.12. The number of nitrogens with zero attached hydrogens (tertiary/aromatic N) is 4. The summed E-state index contributed by atoms with van der Waals surface area (Å²) in [5, 5.41) is 30.9. The third-order valence-corrected chi connectivity index (χ3v) is 2.36. The van der Waals surface area contributed by atoms with Crippen LogP contribution in [0.3, 0.4) is 0 Å². The maximum Gasteiger partial charge on any atom is 0.129 e. The van der Waals surface area contributed by atoms with Crippen LogP contribution in [0.15, 0.2) is 23.3 Å². The zero-order valence-corrected chi connectivity index (χ0v) is 9.36. The highest BCUT2D eigenvalue weighted by Crippen LogP contribution is 2.22. The molecule has 2 unspecified atom stereocenters. The Bertz CT molecular complexity index is 508. The Kier molecular flexibility index (Phi) is 5.08. The first-order valence-corrected chi connectivity index (χ1v) is 5.12. The number of azide groups is 1. The van der Waals surface area contributed by atoms with Gasteiger partial charge in [-0.25, -0.2) is 4.39 Å². The molecule has 0 saturated heterocycles. The summed E-state index contributed by atoms with van der Waals surface area (Å²) in [6, 6.07) is 5.75. The number of hydrogen-bond acceptors (Lipinski definition) is 4. The number of aliphatic hydroxyl groups excluding tert-OH is 2. The van der Waals surface area contributed by atoms with E-state index in [1.165, 1.54) is 12.1 Å². The molecule has 1 aromatic carbocycles. The van der Waals surface area contributed by atoms with Gasteiger partial charge < -0.3 is 10.2 Å². The molecule has 2 N–H and O–H groups in total. The van der Waals surface area contributed by atoms with Crippen LogP contribution in [0, 0.1) is 17.1 Å².